The van der Waals surface area contributed by atoms with Crippen LogP contribution in [-0.4, -0.2) is 42.0 Å². The molecule has 1 aromatic carbocycles. The van der Waals surface area contributed by atoms with Crippen LogP contribution in [0.5, 0.6) is 0 Å². The van der Waals surface area contributed by atoms with Crippen LogP contribution in [0.2, 0.25) is 0 Å². The van der Waals surface area contributed by atoms with Crippen molar-refractivity contribution >= 4 is 22.5 Å². The Kier molecular flexibility index (Phi) is 4.63. The summed E-state index contributed by atoms with van der Waals surface area (Å²) in [5, 5.41) is 3.88. The molecule has 1 heterocycles. The number of rotatable bonds is 6. The monoisotopic (exact) mass is 274 g/mol. The molecule has 0 radical (unpaired) electrons. The fourth-order valence-corrected chi connectivity index (χ4v) is 2.26. The molecular formula is C15H22N4O. The number of nitrogens with one attached hydrogen (secondary N) is 2. The van der Waals surface area contributed by atoms with Gasteiger partial charge in [-0.2, -0.15) is 0 Å². The number of para-hydroxylation sites is 1. The maximum absolute atomic E-state index is 12.1. The number of anilines is 1. The summed E-state index contributed by atoms with van der Waals surface area (Å²) in [6.07, 6.45) is 0. The number of hydrogen-bond donors (Lipinski definition) is 3. The number of H-pyrrole nitrogens is 1. The van der Waals surface area contributed by atoms with Crippen LogP contribution in [0.25, 0.3) is 10.9 Å². The third kappa shape index (κ3) is 3.11. The van der Waals surface area contributed by atoms with Crippen LogP contribution in [0.3, 0.4) is 0 Å². The predicted molar refractivity (Wildman–Crippen MR) is 82.8 cm³/mol. The largest absolute Gasteiger partial charge is 0.397 e. The van der Waals surface area contributed by atoms with Crippen molar-refractivity contribution in [2.75, 3.05) is 31.9 Å². The minimum atomic E-state index is -0.0900. The number of carbonyl (C=O) groups is 1. The molecule has 2 rings (SSSR count). The molecule has 1 amide bonds. The first-order chi connectivity index (χ1) is 9.65. The fourth-order valence-electron chi connectivity index (χ4n) is 2.26. The average Bonchev–Trinajstić information content (AvgIpc) is 2.89. The molecule has 4 N–H and O–H groups in total. The topological polar surface area (TPSA) is 74.2 Å². The standard InChI is InChI=1S/C15H22N4O/c1-3-19(4-2)9-8-17-15(20)13-10-11-6-5-7-12(16)14(11)18-13/h5-7,10,18H,3-4,8-9,16H2,1-2H3,(H,17,20). The van der Waals surface area contributed by atoms with Gasteiger partial charge in [-0.1, -0.05) is 26.0 Å². The summed E-state index contributed by atoms with van der Waals surface area (Å²) in [4.78, 5) is 17.4. The zero-order chi connectivity index (χ0) is 14.5. The number of nitrogen functional groups attached to an aromatic ring is 1. The van der Waals surface area contributed by atoms with Gasteiger partial charge in [0, 0.05) is 18.5 Å². The van der Waals surface area contributed by atoms with Gasteiger partial charge in [0.1, 0.15) is 5.69 Å². The summed E-state index contributed by atoms with van der Waals surface area (Å²) in [5.41, 5.74) is 7.91. The van der Waals surface area contributed by atoms with Gasteiger partial charge in [0.15, 0.2) is 0 Å². The Labute approximate surface area is 119 Å². The second kappa shape index (κ2) is 6.43. The van der Waals surface area contributed by atoms with Gasteiger partial charge in [-0.25, -0.2) is 0 Å². The van der Waals surface area contributed by atoms with E-state index < -0.39 is 0 Å². The summed E-state index contributed by atoms with van der Waals surface area (Å²) in [6, 6.07) is 7.47. The number of hydrogen-bond acceptors (Lipinski definition) is 3. The molecular weight excluding hydrogens is 252 g/mol. The Bertz CT molecular complexity index is 587. The molecule has 2 aromatic rings. The van der Waals surface area contributed by atoms with E-state index in [1.165, 1.54) is 0 Å². The average molecular weight is 274 g/mol. The zero-order valence-electron chi connectivity index (χ0n) is 12.1. The number of amides is 1. The van der Waals surface area contributed by atoms with E-state index in [9.17, 15) is 4.79 Å². The van der Waals surface area contributed by atoms with Crippen molar-refractivity contribution in [3.05, 3.63) is 30.0 Å². The number of nitrogens with two attached hydrogens (primary N) is 1. The lowest BCUT2D eigenvalue weighted by atomic mass is 10.2. The molecule has 5 nitrogen and oxygen atoms in total. The van der Waals surface area contributed by atoms with Crippen molar-refractivity contribution in [2.24, 2.45) is 0 Å². The number of likely N-dealkylation sites (N-methyl/N-ethyl adjacent to an activating group) is 1. The van der Waals surface area contributed by atoms with Crippen molar-refractivity contribution < 1.29 is 4.79 Å². The normalized spacial score (nSPS) is 11.2. The van der Waals surface area contributed by atoms with E-state index in [1.807, 2.05) is 24.3 Å². The van der Waals surface area contributed by atoms with Crippen molar-refractivity contribution in [2.45, 2.75) is 13.8 Å². The van der Waals surface area contributed by atoms with Gasteiger partial charge >= 0.3 is 0 Å². The number of carbonyl (C=O) groups excluding carboxylic acids is 1. The Morgan fingerprint density at radius 2 is 2.10 bits per heavy atom. The highest BCUT2D eigenvalue weighted by Gasteiger charge is 2.10. The number of aromatic nitrogens is 1. The van der Waals surface area contributed by atoms with Crippen molar-refractivity contribution in [3.8, 4) is 0 Å². The first-order valence-corrected chi connectivity index (χ1v) is 7.03. The SMILES string of the molecule is CCN(CC)CCNC(=O)c1cc2cccc(N)c2[nH]1. The van der Waals surface area contributed by atoms with Crippen molar-refractivity contribution in [1.82, 2.24) is 15.2 Å². The van der Waals surface area contributed by atoms with Gasteiger partial charge in [0.25, 0.3) is 5.91 Å². The van der Waals surface area contributed by atoms with Crippen LogP contribution < -0.4 is 11.1 Å². The van der Waals surface area contributed by atoms with Crippen LogP contribution in [0.15, 0.2) is 24.3 Å². The molecule has 0 saturated carbocycles. The van der Waals surface area contributed by atoms with Crippen LogP contribution >= 0.6 is 0 Å². The number of fused-ring (bicyclic) bond motifs is 1. The molecule has 0 unspecified atom stereocenters. The Morgan fingerprint density at radius 1 is 1.35 bits per heavy atom. The number of benzene rings is 1. The lowest BCUT2D eigenvalue weighted by Gasteiger charge is -2.17. The minimum absolute atomic E-state index is 0.0900. The van der Waals surface area contributed by atoms with Crippen LogP contribution in [0.1, 0.15) is 24.3 Å². The van der Waals surface area contributed by atoms with Crippen LogP contribution in [-0.2, 0) is 0 Å². The Hall–Kier alpha value is -2.01. The Morgan fingerprint density at radius 3 is 2.75 bits per heavy atom. The predicted octanol–water partition coefficient (Wildman–Crippen LogP) is 1.82. The first-order valence-electron chi connectivity index (χ1n) is 7.03. The summed E-state index contributed by atoms with van der Waals surface area (Å²) >= 11 is 0. The lowest BCUT2D eigenvalue weighted by molar-refractivity contribution is 0.0945. The van der Waals surface area contributed by atoms with E-state index >= 15 is 0 Å². The van der Waals surface area contributed by atoms with Crippen molar-refractivity contribution in [3.63, 3.8) is 0 Å². The molecule has 1 aromatic heterocycles. The molecule has 0 aliphatic carbocycles. The van der Waals surface area contributed by atoms with Crippen LogP contribution in [0.4, 0.5) is 5.69 Å². The molecule has 0 bridgehead atoms. The third-order valence-electron chi connectivity index (χ3n) is 3.54. The van der Waals surface area contributed by atoms with E-state index in [2.05, 4.69) is 29.0 Å². The maximum Gasteiger partial charge on any atom is 0.267 e. The Balaban J connectivity index is 1.99. The summed E-state index contributed by atoms with van der Waals surface area (Å²) in [6.45, 7) is 7.73. The van der Waals surface area contributed by atoms with E-state index in [1.54, 1.807) is 0 Å². The first kappa shape index (κ1) is 14.4. The summed E-state index contributed by atoms with van der Waals surface area (Å²) < 4.78 is 0. The second-order valence-corrected chi connectivity index (χ2v) is 4.78. The quantitative estimate of drug-likeness (QED) is 0.703. The summed E-state index contributed by atoms with van der Waals surface area (Å²) in [5.74, 6) is -0.0900. The molecule has 0 aliphatic heterocycles. The van der Waals surface area contributed by atoms with E-state index in [0.29, 0.717) is 17.9 Å². The van der Waals surface area contributed by atoms with Gasteiger partial charge in [-0.15, -0.1) is 0 Å². The smallest absolute Gasteiger partial charge is 0.267 e. The van der Waals surface area contributed by atoms with Gasteiger partial charge in [0.05, 0.1) is 11.2 Å². The molecule has 5 heteroatoms. The van der Waals surface area contributed by atoms with Crippen LogP contribution in [0, 0.1) is 0 Å². The summed E-state index contributed by atoms with van der Waals surface area (Å²) in [7, 11) is 0. The highest BCUT2D eigenvalue weighted by molar-refractivity contribution is 6.00. The lowest BCUT2D eigenvalue weighted by Crippen LogP contribution is -2.34. The van der Waals surface area contributed by atoms with Gasteiger partial charge in [-0.05, 0) is 25.2 Å². The maximum atomic E-state index is 12.1. The van der Waals surface area contributed by atoms with E-state index in [-0.39, 0.29) is 5.91 Å². The molecule has 0 atom stereocenters. The van der Waals surface area contributed by atoms with Gasteiger partial charge in [-0.3, -0.25) is 4.79 Å². The van der Waals surface area contributed by atoms with E-state index in [4.69, 9.17) is 5.73 Å². The van der Waals surface area contributed by atoms with Crippen molar-refractivity contribution in [1.29, 1.82) is 0 Å². The third-order valence-corrected chi connectivity index (χ3v) is 3.54. The molecule has 0 saturated heterocycles. The molecule has 20 heavy (non-hydrogen) atoms. The highest BCUT2D eigenvalue weighted by atomic mass is 16.1. The molecule has 0 aliphatic rings. The second-order valence-electron chi connectivity index (χ2n) is 4.78. The fraction of sp³-hybridized carbons (Fsp3) is 0.400. The minimum Gasteiger partial charge on any atom is -0.397 e. The molecule has 0 spiro atoms. The zero-order valence-corrected chi connectivity index (χ0v) is 12.1. The van der Waals surface area contributed by atoms with Gasteiger partial charge < -0.3 is 20.9 Å². The van der Waals surface area contributed by atoms with Gasteiger partial charge in [0.2, 0.25) is 0 Å². The number of nitrogens with zero attached hydrogens (tertiary/aromatic N) is 1. The highest BCUT2D eigenvalue weighted by Crippen LogP contribution is 2.20. The molecule has 108 valence electrons. The molecule has 0 fully saturated rings. The van der Waals surface area contributed by atoms with E-state index in [0.717, 1.165) is 30.5 Å². The number of aromatic amines is 1.